The minimum Gasteiger partial charge on any atom is -0.361 e. The largest absolute Gasteiger partial charge is 0.361 e. The summed E-state index contributed by atoms with van der Waals surface area (Å²) in [5, 5.41) is 7.16. The van der Waals surface area contributed by atoms with Crippen LogP contribution in [-0.4, -0.2) is 48.5 Å². The maximum absolute atomic E-state index is 14.1. The molecule has 2 heterocycles. The Bertz CT molecular complexity index is 1640. The molecule has 1 fully saturated rings. The standard InChI is InChI=1S/C32H36N4O4S/c1-31(20-24-21-34-27-11-5-4-10-26(24)27,36-29(37)23-13-15-25(16-14-23)41(2,39)40)30(38)35-22-32(17-7-3-8-18-32)28-12-6-9-19-33-28/h4-6,9-16,19,21,34H,3,7-8,17-18,20,22H2,1-2H3,(H,35,38)(H,36,37)/t31-/m0/s1. The first-order chi connectivity index (χ1) is 19.6. The number of nitrogens with one attached hydrogen (secondary N) is 3. The SMILES string of the molecule is C[C@@](Cc1c[nH]c2ccccc12)(NC(=O)c1ccc(S(C)(=O)=O)cc1)C(=O)NCC1(c2ccccn2)CCCCC1. The van der Waals surface area contributed by atoms with Gasteiger partial charge in [-0.15, -0.1) is 0 Å². The molecular weight excluding hydrogens is 536 g/mol. The van der Waals surface area contributed by atoms with Gasteiger partial charge in [0.15, 0.2) is 9.84 Å². The zero-order chi connectivity index (χ0) is 29.1. The molecule has 1 aliphatic rings. The second kappa shape index (κ2) is 11.5. The molecule has 0 radical (unpaired) electrons. The Kier molecular flexibility index (Phi) is 8.00. The van der Waals surface area contributed by atoms with Crippen LogP contribution in [0.5, 0.6) is 0 Å². The van der Waals surface area contributed by atoms with Crippen molar-refractivity contribution in [3.63, 3.8) is 0 Å². The predicted octanol–water partition coefficient (Wildman–Crippen LogP) is 4.72. The van der Waals surface area contributed by atoms with E-state index >= 15 is 0 Å². The highest BCUT2D eigenvalue weighted by Gasteiger charge is 2.40. The van der Waals surface area contributed by atoms with Gasteiger partial charge in [0.1, 0.15) is 5.54 Å². The lowest BCUT2D eigenvalue weighted by atomic mass is 9.71. The number of nitrogens with zero attached hydrogens (tertiary/aromatic N) is 1. The summed E-state index contributed by atoms with van der Waals surface area (Å²) in [6.07, 6.45) is 10.2. The molecule has 2 aromatic carbocycles. The average molecular weight is 573 g/mol. The Balaban J connectivity index is 1.43. The van der Waals surface area contributed by atoms with Crippen LogP contribution in [-0.2, 0) is 26.5 Å². The van der Waals surface area contributed by atoms with Crippen molar-refractivity contribution in [1.29, 1.82) is 0 Å². The molecule has 2 aromatic heterocycles. The lowest BCUT2D eigenvalue weighted by Crippen LogP contribution is -2.59. The third-order valence-electron chi connectivity index (χ3n) is 8.26. The molecule has 0 spiro atoms. The highest BCUT2D eigenvalue weighted by atomic mass is 32.2. The van der Waals surface area contributed by atoms with Crippen LogP contribution in [0.1, 0.15) is 60.6 Å². The molecule has 1 aliphatic carbocycles. The lowest BCUT2D eigenvalue weighted by molar-refractivity contribution is -0.127. The van der Waals surface area contributed by atoms with Crippen molar-refractivity contribution in [2.24, 2.45) is 0 Å². The van der Waals surface area contributed by atoms with Crippen LogP contribution in [0.4, 0.5) is 0 Å². The van der Waals surface area contributed by atoms with E-state index in [-0.39, 0.29) is 28.2 Å². The van der Waals surface area contributed by atoms with Crippen LogP contribution in [0.2, 0.25) is 0 Å². The number of carbonyl (C=O) groups is 2. The molecule has 3 N–H and O–H groups in total. The lowest BCUT2D eigenvalue weighted by Gasteiger charge is -2.38. The van der Waals surface area contributed by atoms with Crippen LogP contribution in [0.3, 0.4) is 0 Å². The molecule has 1 saturated carbocycles. The highest BCUT2D eigenvalue weighted by molar-refractivity contribution is 7.90. The molecular formula is C32H36N4O4S. The fourth-order valence-corrected chi connectivity index (χ4v) is 6.52. The van der Waals surface area contributed by atoms with Crippen LogP contribution in [0.15, 0.2) is 84.0 Å². The summed E-state index contributed by atoms with van der Waals surface area (Å²) in [5.41, 5.74) is 1.55. The van der Waals surface area contributed by atoms with Gasteiger partial charge in [-0.05, 0) is 67.8 Å². The van der Waals surface area contributed by atoms with Gasteiger partial charge in [0.2, 0.25) is 5.91 Å². The van der Waals surface area contributed by atoms with E-state index in [1.54, 1.807) is 13.1 Å². The van der Waals surface area contributed by atoms with Gasteiger partial charge in [-0.2, -0.15) is 0 Å². The number of benzene rings is 2. The van der Waals surface area contributed by atoms with E-state index in [2.05, 4.69) is 20.6 Å². The number of amides is 2. The first-order valence-corrected chi connectivity index (χ1v) is 15.9. The number of fused-ring (bicyclic) bond motifs is 1. The fourth-order valence-electron chi connectivity index (χ4n) is 5.89. The molecule has 5 rings (SSSR count). The molecule has 214 valence electrons. The van der Waals surface area contributed by atoms with E-state index < -0.39 is 21.3 Å². The number of hydrogen-bond acceptors (Lipinski definition) is 5. The number of rotatable bonds is 9. The summed E-state index contributed by atoms with van der Waals surface area (Å²) in [4.78, 5) is 35.5. The molecule has 41 heavy (non-hydrogen) atoms. The van der Waals surface area contributed by atoms with Gasteiger partial charge < -0.3 is 15.6 Å². The van der Waals surface area contributed by atoms with Crippen LogP contribution >= 0.6 is 0 Å². The first kappa shape index (κ1) is 28.5. The Hall–Kier alpha value is -3.98. The number of para-hydroxylation sites is 1. The van der Waals surface area contributed by atoms with E-state index in [1.165, 1.54) is 24.3 Å². The second-order valence-corrected chi connectivity index (χ2v) is 13.4. The third kappa shape index (κ3) is 6.20. The third-order valence-corrected chi connectivity index (χ3v) is 9.39. The zero-order valence-electron chi connectivity index (χ0n) is 23.4. The van der Waals surface area contributed by atoms with Crippen LogP contribution < -0.4 is 10.6 Å². The number of hydrogen-bond donors (Lipinski definition) is 3. The highest BCUT2D eigenvalue weighted by Crippen LogP contribution is 2.38. The number of pyridine rings is 1. The molecule has 0 aliphatic heterocycles. The van der Waals surface area contributed by atoms with E-state index in [1.807, 2.05) is 48.7 Å². The summed E-state index contributed by atoms with van der Waals surface area (Å²) in [6, 6.07) is 19.5. The molecule has 0 unspecified atom stereocenters. The van der Waals surface area contributed by atoms with E-state index in [0.29, 0.717) is 6.54 Å². The molecule has 4 aromatic rings. The maximum Gasteiger partial charge on any atom is 0.252 e. The molecule has 1 atom stereocenters. The summed E-state index contributed by atoms with van der Waals surface area (Å²) in [7, 11) is -3.40. The van der Waals surface area contributed by atoms with Gasteiger partial charge in [-0.1, -0.05) is 43.5 Å². The maximum atomic E-state index is 14.1. The Morgan fingerprint density at radius 2 is 1.68 bits per heavy atom. The molecule has 8 nitrogen and oxygen atoms in total. The summed E-state index contributed by atoms with van der Waals surface area (Å²) in [6.45, 7) is 2.16. The van der Waals surface area contributed by atoms with Crippen molar-refractivity contribution in [3.8, 4) is 0 Å². The van der Waals surface area contributed by atoms with Crippen molar-refractivity contribution in [3.05, 3.63) is 95.9 Å². The zero-order valence-corrected chi connectivity index (χ0v) is 24.3. The van der Waals surface area contributed by atoms with Gasteiger partial charge >= 0.3 is 0 Å². The number of aromatic nitrogens is 2. The van der Waals surface area contributed by atoms with E-state index in [0.717, 1.165) is 60.5 Å². The molecule has 0 bridgehead atoms. The Morgan fingerprint density at radius 3 is 2.37 bits per heavy atom. The van der Waals surface area contributed by atoms with Gasteiger partial charge in [0, 0.05) is 59.2 Å². The number of H-pyrrole nitrogens is 1. The number of sulfone groups is 1. The van der Waals surface area contributed by atoms with Gasteiger partial charge in [-0.3, -0.25) is 14.6 Å². The van der Waals surface area contributed by atoms with Crippen molar-refractivity contribution in [2.75, 3.05) is 12.8 Å². The molecule has 2 amide bonds. The van der Waals surface area contributed by atoms with Crippen molar-refractivity contribution in [2.45, 2.75) is 61.3 Å². The quantitative estimate of drug-likeness (QED) is 0.268. The van der Waals surface area contributed by atoms with Gasteiger partial charge in [0.25, 0.3) is 5.91 Å². The normalized spacial score (nSPS) is 16.5. The minimum atomic E-state index is -3.40. The Morgan fingerprint density at radius 1 is 0.976 bits per heavy atom. The first-order valence-electron chi connectivity index (χ1n) is 14.0. The molecule has 9 heteroatoms. The Labute approximate surface area is 240 Å². The fraction of sp³-hybridized carbons (Fsp3) is 0.344. The summed E-state index contributed by atoms with van der Waals surface area (Å²) in [5.74, 6) is -0.746. The average Bonchev–Trinajstić information content (AvgIpc) is 3.38. The number of carbonyl (C=O) groups excluding carboxylic acids is 2. The monoisotopic (exact) mass is 572 g/mol. The van der Waals surface area contributed by atoms with Crippen LogP contribution in [0, 0.1) is 0 Å². The van der Waals surface area contributed by atoms with Crippen molar-refractivity contribution >= 4 is 32.6 Å². The van der Waals surface area contributed by atoms with Gasteiger partial charge in [0.05, 0.1) is 4.90 Å². The topological polar surface area (TPSA) is 121 Å². The van der Waals surface area contributed by atoms with E-state index in [4.69, 9.17) is 0 Å². The van der Waals surface area contributed by atoms with Crippen LogP contribution in [0.25, 0.3) is 10.9 Å². The number of aromatic amines is 1. The van der Waals surface area contributed by atoms with E-state index in [9.17, 15) is 18.0 Å². The summed E-state index contributed by atoms with van der Waals surface area (Å²) < 4.78 is 23.8. The summed E-state index contributed by atoms with van der Waals surface area (Å²) >= 11 is 0. The van der Waals surface area contributed by atoms with Crippen molar-refractivity contribution < 1.29 is 18.0 Å². The second-order valence-electron chi connectivity index (χ2n) is 11.4. The smallest absolute Gasteiger partial charge is 0.252 e. The van der Waals surface area contributed by atoms with Gasteiger partial charge in [-0.25, -0.2) is 8.42 Å². The predicted molar refractivity (Wildman–Crippen MR) is 159 cm³/mol. The van der Waals surface area contributed by atoms with Crippen molar-refractivity contribution in [1.82, 2.24) is 20.6 Å². The minimum absolute atomic E-state index is 0.126. The molecule has 0 saturated heterocycles.